The average Bonchev–Trinajstić information content (AvgIpc) is 3.06. The molecule has 0 radical (unpaired) electrons. The van der Waals surface area contributed by atoms with Crippen LogP contribution in [-0.4, -0.2) is 47.7 Å². The Morgan fingerprint density at radius 1 is 1.14 bits per heavy atom. The highest BCUT2D eigenvalue weighted by Gasteiger charge is 2.36. The summed E-state index contributed by atoms with van der Waals surface area (Å²) in [5, 5.41) is 2.17. The molecule has 1 aliphatic heterocycles. The fraction of sp³-hybridized carbons (Fsp3) is 0.280. The topological polar surface area (TPSA) is 102 Å². The summed E-state index contributed by atoms with van der Waals surface area (Å²) in [5.74, 6) is -0.876. The summed E-state index contributed by atoms with van der Waals surface area (Å²) in [7, 11) is 0. The van der Waals surface area contributed by atoms with Crippen molar-refractivity contribution in [1.82, 2.24) is 4.90 Å². The number of nitrogens with one attached hydrogen (secondary N) is 1. The number of halogens is 1. The lowest BCUT2D eigenvalue weighted by Gasteiger charge is -2.13. The van der Waals surface area contributed by atoms with Gasteiger partial charge in [-0.15, -0.1) is 0 Å². The Morgan fingerprint density at radius 3 is 2.51 bits per heavy atom. The van der Waals surface area contributed by atoms with Crippen molar-refractivity contribution < 1.29 is 28.7 Å². The molecule has 0 saturated carbocycles. The van der Waals surface area contributed by atoms with Crippen LogP contribution in [0.5, 0.6) is 5.75 Å². The molecule has 1 heterocycles. The van der Waals surface area contributed by atoms with Gasteiger partial charge in [0.05, 0.1) is 11.5 Å². The van der Waals surface area contributed by atoms with Gasteiger partial charge in [-0.05, 0) is 66.6 Å². The molecule has 2 aromatic rings. The van der Waals surface area contributed by atoms with Crippen molar-refractivity contribution in [3.05, 3.63) is 63.0 Å². The number of nitrogens with zero attached hydrogens (tertiary/aromatic N) is 1. The van der Waals surface area contributed by atoms with E-state index in [0.717, 1.165) is 22.2 Å². The molecule has 1 N–H and O–H groups in total. The minimum absolute atomic E-state index is 0.142. The van der Waals surface area contributed by atoms with Gasteiger partial charge < -0.3 is 14.8 Å². The second kappa shape index (κ2) is 12.0. The zero-order valence-electron chi connectivity index (χ0n) is 19.5. The van der Waals surface area contributed by atoms with Crippen LogP contribution in [-0.2, 0) is 19.1 Å². The molecular weight excluding hydrogens is 536 g/mol. The quantitative estimate of drug-likeness (QED) is 0.332. The number of imide groups is 1. The number of thioether (sulfide) groups is 1. The van der Waals surface area contributed by atoms with E-state index in [-0.39, 0.29) is 18.1 Å². The normalized spacial score (nSPS) is 14.5. The molecule has 1 fully saturated rings. The van der Waals surface area contributed by atoms with E-state index in [4.69, 9.17) is 9.47 Å². The first-order valence-corrected chi connectivity index (χ1v) is 12.5. The van der Waals surface area contributed by atoms with E-state index >= 15 is 0 Å². The number of hydrogen-bond donors (Lipinski definition) is 1. The first-order chi connectivity index (χ1) is 16.7. The van der Waals surface area contributed by atoms with E-state index < -0.39 is 29.6 Å². The number of benzene rings is 2. The number of amides is 3. The van der Waals surface area contributed by atoms with Crippen LogP contribution in [0.2, 0.25) is 0 Å². The summed E-state index contributed by atoms with van der Waals surface area (Å²) in [6.07, 6.45) is 1.50. The fourth-order valence-corrected chi connectivity index (χ4v) is 4.38. The van der Waals surface area contributed by atoms with Crippen LogP contribution in [0.4, 0.5) is 10.5 Å². The van der Waals surface area contributed by atoms with Crippen LogP contribution in [0, 0.1) is 0 Å². The van der Waals surface area contributed by atoms with Crippen molar-refractivity contribution in [2.24, 2.45) is 0 Å². The highest BCUT2D eigenvalue weighted by Crippen LogP contribution is 2.35. The van der Waals surface area contributed by atoms with Crippen molar-refractivity contribution >= 4 is 62.5 Å². The lowest BCUT2D eigenvalue weighted by atomic mass is 10.0. The van der Waals surface area contributed by atoms with Gasteiger partial charge in [-0.3, -0.25) is 19.3 Å². The zero-order chi connectivity index (χ0) is 25.5. The third kappa shape index (κ3) is 7.19. The predicted molar refractivity (Wildman–Crippen MR) is 138 cm³/mol. The van der Waals surface area contributed by atoms with E-state index in [1.807, 2.05) is 12.1 Å². The Kier molecular flexibility index (Phi) is 9.11. The third-order valence-electron chi connectivity index (χ3n) is 4.95. The van der Waals surface area contributed by atoms with Crippen molar-refractivity contribution in [3.8, 4) is 5.75 Å². The van der Waals surface area contributed by atoms with Crippen molar-refractivity contribution in [1.29, 1.82) is 0 Å². The largest absolute Gasteiger partial charge is 0.481 e. The van der Waals surface area contributed by atoms with E-state index in [0.29, 0.717) is 27.4 Å². The van der Waals surface area contributed by atoms with Crippen molar-refractivity contribution in [2.75, 3.05) is 25.1 Å². The first-order valence-electron chi connectivity index (χ1n) is 10.9. The maximum atomic E-state index is 12.9. The van der Waals surface area contributed by atoms with Crippen LogP contribution in [0.3, 0.4) is 0 Å². The van der Waals surface area contributed by atoms with Gasteiger partial charge in [-0.25, -0.2) is 4.79 Å². The number of rotatable bonds is 9. The molecule has 2 aromatic carbocycles. The zero-order valence-corrected chi connectivity index (χ0v) is 21.9. The lowest BCUT2D eigenvalue weighted by Crippen LogP contribution is -2.36. The average molecular weight is 561 g/mol. The van der Waals surface area contributed by atoms with Crippen LogP contribution in [0.1, 0.15) is 37.8 Å². The summed E-state index contributed by atoms with van der Waals surface area (Å²) in [6.45, 7) is 5.38. The van der Waals surface area contributed by atoms with Gasteiger partial charge in [0.25, 0.3) is 11.1 Å². The maximum absolute atomic E-state index is 12.9. The molecule has 0 unspecified atom stereocenters. The fourth-order valence-electron chi connectivity index (χ4n) is 3.18. The molecule has 3 rings (SSSR count). The summed E-state index contributed by atoms with van der Waals surface area (Å²) in [5.41, 5.74) is 2.21. The minimum atomic E-state index is -0.582. The van der Waals surface area contributed by atoms with E-state index in [9.17, 15) is 19.2 Å². The van der Waals surface area contributed by atoms with Crippen LogP contribution in [0.25, 0.3) is 6.08 Å². The molecule has 0 spiro atoms. The Morgan fingerprint density at radius 2 is 1.86 bits per heavy atom. The van der Waals surface area contributed by atoms with Gasteiger partial charge in [-0.1, -0.05) is 41.9 Å². The van der Waals surface area contributed by atoms with Gasteiger partial charge in [-0.2, -0.15) is 0 Å². The smallest absolute Gasteiger partial charge is 0.344 e. The molecule has 0 aliphatic carbocycles. The Balaban J connectivity index is 1.70. The van der Waals surface area contributed by atoms with Gasteiger partial charge in [0.1, 0.15) is 12.3 Å². The summed E-state index contributed by atoms with van der Waals surface area (Å²) in [4.78, 5) is 50.5. The Bertz CT molecular complexity index is 1160. The van der Waals surface area contributed by atoms with Gasteiger partial charge in [0.2, 0.25) is 5.91 Å². The summed E-state index contributed by atoms with van der Waals surface area (Å²) < 4.78 is 11.1. The second-order valence-electron chi connectivity index (χ2n) is 7.87. The predicted octanol–water partition coefficient (Wildman–Crippen LogP) is 5.19. The molecule has 10 heteroatoms. The molecule has 3 amide bonds. The molecule has 0 aromatic heterocycles. The van der Waals surface area contributed by atoms with Crippen LogP contribution in [0.15, 0.2) is 51.8 Å². The molecule has 1 saturated heterocycles. The molecule has 0 atom stereocenters. The van der Waals surface area contributed by atoms with E-state index in [1.54, 1.807) is 37.3 Å². The Hall–Kier alpha value is -3.11. The number of carbonyl (C=O) groups excluding carboxylic acids is 4. The summed E-state index contributed by atoms with van der Waals surface area (Å²) >= 11 is 4.10. The molecule has 35 heavy (non-hydrogen) atoms. The highest BCUT2D eigenvalue weighted by atomic mass is 79.9. The standard InChI is InChI=1S/C25H25BrN2O6S/c1-4-33-23(30)14-34-20-10-7-18(26)11-17(20)12-21-24(31)28(25(32)35-21)13-22(29)27-19-8-5-16(6-9-19)15(2)3/h5-12,15H,4,13-14H2,1-3H3,(H,27,29)/b21-12+. The SMILES string of the molecule is CCOC(=O)COc1ccc(Br)cc1/C=C1/SC(=O)N(CC(=O)Nc2ccc(C(C)C)cc2)C1=O. The van der Waals surface area contributed by atoms with Gasteiger partial charge >= 0.3 is 5.97 Å². The number of esters is 1. The number of carbonyl (C=O) groups is 4. The first kappa shape index (κ1) is 26.5. The molecule has 184 valence electrons. The van der Waals surface area contributed by atoms with Crippen molar-refractivity contribution in [3.63, 3.8) is 0 Å². The molecule has 1 aliphatic rings. The maximum Gasteiger partial charge on any atom is 0.344 e. The number of ether oxygens (including phenoxy) is 2. The third-order valence-corrected chi connectivity index (χ3v) is 6.35. The molecule has 8 nitrogen and oxygen atoms in total. The highest BCUT2D eigenvalue weighted by molar-refractivity contribution is 9.10. The minimum Gasteiger partial charge on any atom is -0.481 e. The monoisotopic (exact) mass is 560 g/mol. The van der Waals surface area contributed by atoms with Crippen LogP contribution >= 0.6 is 27.7 Å². The lowest BCUT2D eigenvalue weighted by molar-refractivity contribution is -0.145. The Labute approximate surface area is 216 Å². The van der Waals surface area contributed by atoms with Gasteiger partial charge in [0, 0.05) is 15.7 Å². The molecule has 0 bridgehead atoms. The van der Waals surface area contributed by atoms with Crippen molar-refractivity contribution in [2.45, 2.75) is 26.7 Å². The van der Waals surface area contributed by atoms with E-state index in [1.165, 1.54) is 6.08 Å². The number of hydrogen-bond acceptors (Lipinski definition) is 7. The van der Waals surface area contributed by atoms with E-state index in [2.05, 4.69) is 35.1 Å². The van der Waals surface area contributed by atoms with Gasteiger partial charge in [0.15, 0.2) is 6.61 Å². The second-order valence-corrected chi connectivity index (χ2v) is 9.78. The summed E-state index contributed by atoms with van der Waals surface area (Å²) in [6, 6.07) is 12.5. The number of anilines is 1. The van der Waals surface area contributed by atoms with Crippen LogP contribution < -0.4 is 10.1 Å². The molecular formula is C25H25BrN2O6S.